The van der Waals surface area contributed by atoms with Crippen LogP contribution in [0.5, 0.6) is 0 Å². The van der Waals surface area contributed by atoms with Crippen molar-refractivity contribution in [3.63, 3.8) is 0 Å². The van der Waals surface area contributed by atoms with E-state index in [0.717, 1.165) is 6.92 Å². The van der Waals surface area contributed by atoms with E-state index in [4.69, 9.17) is 30.6 Å². The van der Waals surface area contributed by atoms with E-state index in [0.29, 0.717) is 0 Å². The monoisotopic (exact) mass is 240 g/mol. The molecule has 0 fully saturated rings. The van der Waals surface area contributed by atoms with Crippen LogP contribution in [0.15, 0.2) is 0 Å². The van der Waals surface area contributed by atoms with Crippen molar-refractivity contribution in [1.29, 1.82) is 0 Å². The Hall–Kier alpha value is -1.22. The summed E-state index contributed by atoms with van der Waals surface area (Å²) in [6.07, 6.45) is 0. The molecule has 0 rings (SSSR count). The Labute approximate surface area is 91.4 Å². The topological polar surface area (TPSA) is 156 Å². The van der Waals surface area contributed by atoms with Gasteiger partial charge >= 0.3 is 11.9 Å². The zero-order chi connectivity index (χ0) is 13.6. The van der Waals surface area contributed by atoms with Gasteiger partial charge in [-0.1, -0.05) is 0 Å². The van der Waals surface area contributed by atoms with Gasteiger partial charge in [0.25, 0.3) is 5.79 Å². The average Bonchev–Trinajstić information content (AvgIpc) is 2.15. The molecule has 0 aromatic carbocycles. The fourth-order valence-electron chi connectivity index (χ4n) is 0.185. The van der Waals surface area contributed by atoms with E-state index in [1.165, 1.54) is 6.92 Å². The van der Waals surface area contributed by atoms with Gasteiger partial charge in [0.2, 0.25) is 0 Å². The second kappa shape index (κ2) is 6.38. The van der Waals surface area contributed by atoms with Gasteiger partial charge in [-0.3, -0.25) is 4.79 Å². The minimum atomic E-state index is -2.58. The Bertz CT molecular complexity index is 237. The van der Waals surface area contributed by atoms with E-state index < -0.39 is 36.4 Å². The van der Waals surface area contributed by atoms with Gasteiger partial charge in [-0.15, -0.1) is 0 Å². The van der Waals surface area contributed by atoms with Crippen LogP contribution in [0.3, 0.4) is 0 Å². The minimum absolute atomic E-state index is 0.543. The zero-order valence-corrected chi connectivity index (χ0v) is 8.91. The van der Waals surface area contributed by atoms with Gasteiger partial charge in [-0.25, -0.2) is 4.79 Å². The Morgan fingerprint density at radius 3 is 1.19 bits per heavy atom. The molecule has 16 heavy (non-hydrogen) atoms. The molecule has 0 amide bonds. The lowest BCUT2D eigenvalue weighted by Gasteiger charge is -2.17. The van der Waals surface area contributed by atoms with E-state index in [2.05, 4.69) is 0 Å². The molecule has 0 aliphatic carbocycles. The fraction of sp³-hybridized carbons (Fsp3) is 0.750. The van der Waals surface area contributed by atoms with Crippen LogP contribution in [0.2, 0.25) is 0 Å². The minimum Gasteiger partial charge on any atom is -0.481 e. The van der Waals surface area contributed by atoms with Crippen LogP contribution in [-0.4, -0.2) is 61.6 Å². The molecule has 0 radical (unpaired) electrons. The summed E-state index contributed by atoms with van der Waals surface area (Å²) in [6.45, 7) is 0.961. The van der Waals surface area contributed by atoms with Crippen LogP contribution in [0.4, 0.5) is 0 Å². The van der Waals surface area contributed by atoms with Crippen LogP contribution in [-0.2, 0) is 9.59 Å². The van der Waals surface area contributed by atoms with Crippen LogP contribution >= 0.6 is 0 Å². The third-order valence-corrected chi connectivity index (χ3v) is 1.62. The third-order valence-electron chi connectivity index (χ3n) is 1.62. The van der Waals surface area contributed by atoms with Crippen molar-refractivity contribution in [3.05, 3.63) is 0 Å². The van der Waals surface area contributed by atoms with E-state index in [9.17, 15) is 9.59 Å². The summed E-state index contributed by atoms with van der Waals surface area (Å²) in [5, 5.41) is 49.0. The molecule has 0 aliphatic rings. The van der Waals surface area contributed by atoms with Crippen molar-refractivity contribution in [3.8, 4) is 0 Å². The Morgan fingerprint density at radius 2 is 1.19 bits per heavy atom. The standard InChI is InChI=1S/C5H10O4.C3H6O4/c1-5(2-6,3-7)4(8)9;1-3(6,7)2(4)5/h6-7H,2-3H2,1H3,(H,8,9);6-7H,1H3,(H,4,5). The van der Waals surface area contributed by atoms with Crippen molar-refractivity contribution >= 4 is 11.9 Å². The summed E-state index contributed by atoms with van der Waals surface area (Å²) >= 11 is 0. The second-order valence-corrected chi connectivity index (χ2v) is 3.51. The van der Waals surface area contributed by atoms with Crippen LogP contribution in [0.1, 0.15) is 13.8 Å². The molecule has 0 unspecified atom stereocenters. The molecule has 0 heterocycles. The molecule has 0 aliphatic heterocycles. The first kappa shape index (κ1) is 17.2. The smallest absolute Gasteiger partial charge is 0.363 e. The van der Waals surface area contributed by atoms with E-state index in [-0.39, 0.29) is 0 Å². The number of rotatable bonds is 4. The molecule has 0 bridgehead atoms. The first-order valence-electron chi connectivity index (χ1n) is 4.14. The molecule has 8 nitrogen and oxygen atoms in total. The Morgan fingerprint density at radius 1 is 0.938 bits per heavy atom. The van der Waals surface area contributed by atoms with Crippen LogP contribution in [0, 0.1) is 5.41 Å². The predicted octanol–water partition coefficient (Wildman–Crippen LogP) is -2.17. The number of aliphatic hydroxyl groups is 4. The second-order valence-electron chi connectivity index (χ2n) is 3.51. The SMILES string of the molecule is CC(CO)(CO)C(=O)O.CC(O)(O)C(=O)O. The van der Waals surface area contributed by atoms with Crippen LogP contribution in [0.25, 0.3) is 0 Å². The lowest BCUT2D eigenvalue weighted by Crippen LogP contribution is -2.35. The molecule has 0 aromatic rings. The van der Waals surface area contributed by atoms with E-state index in [1.807, 2.05) is 0 Å². The predicted molar refractivity (Wildman–Crippen MR) is 50.4 cm³/mol. The molecule has 8 heteroatoms. The van der Waals surface area contributed by atoms with Gasteiger partial charge < -0.3 is 30.6 Å². The molecular weight excluding hydrogens is 224 g/mol. The van der Waals surface area contributed by atoms with Gasteiger partial charge in [0, 0.05) is 6.92 Å². The first-order valence-corrected chi connectivity index (χ1v) is 4.14. The molecular formula is C8H16O8. The number of aliphatic hydroxyl groups excluding tert-OH is 2. The highest BCUT2D eigenvalue weighted by atomic mass is 16.5. The summed E-state index contributed by atoms with van der Waals surface area (Å²) in [6, 6.07) is 0. The molecule has 0 saturated carbocycles. The quantitative estimate of drug-likeness (QED) is 0.303. The number of carboxylic acid groups (broad SMARTS) is 2. The Kier molecular flexibility index (Phi) is 6.85. The number of carboxylic acids is 2. The maximum absolute atomic E-state index is 10.2. The van der Waals surface area contributed by atoms with Gasteiger partial charge in [0.1, 0.15) is 5.41 Å². The molecule has 0 atom stereocenters. The maximum Gasteiger partial charge on any atom is 0.363 e. The number of hydrogen-bond acceptors (Lipinski definition) is 6. The number of aliphatic carboxylic acids is 2. The van der Waals surface area contributed by atoms with Gasteiger partial charge in [-0.2, -0.15) is 0 Å². The number of carbonyl (C=O) groups is 2. The maximum atomic E-state index is 10.2. The highest BCUT2D eigenvalue weighted by Gasteiger charge is 2.31. The van der Waals surface area contributed by atoms with Crippen molar-refractivity contribution < 1.29 is 40.2 Å². The average molecular weight is 240 g/mol. The lowest BCUT2D eigenvalue weighted by molar-refractivity contribution is -0.196. The lowest BCUT2D eigenvalue weighted by atomic mass is 9.94. The largest absolute Gasteiger partial charge is 0.481 e. The molecule has 96 valence electrons. The highest BCUT2D eigenvalue weighted by Crippen LogP contribution is 2.12. The van der Waals surface area contributed by atoms with Gasteiger partial charge in [0.05, 0.1) is 13.2 Å². The molecule has 0 saturated heterocycles. The Balaban J connectivity index is 0. The summed E-state index contributed by atoms with van der Waals surface area (Å²) in [4.78, 5) is 19.7. The van der Waals surface area contributed by atoms with Crippen molar-refractivity contribution in [2.45, 2.75) is 19.6 Å². The van der Waals surface area contributed by atoms with E-state index >= 15 is 0 Å². The van der Waals surface area contributed by atoms with Crippen LogP contribution < -0.4 is 0 Å². The van der Waals surface area contributed by atoms with E-state index in [1.54, 1.807) is 0 Å². The molecule has 0 spiro atoms. The zero-order valence-electron chi connectivity index (χ0n) is 8.91. The molecule has 6 N–H and O–H groups in total. The fourth-order valence-corrected chi connectivity index (χ4v) is 0.185. The van der Waals surface area contributed by atoms with Gasteiger partial charge in [-0.05, 0) is 6.92 Å². The summed E-state index contributed by atoms with van der Waals surface area (Å²) in [7, 11) is 0. The van der Waals surface area contributed by atoms with Crippen molar-refractivity contribution in [1.82, 2.24) is 0 Å². The van der Waals surface area contributed by atoms with Crippen molar-refractivity contribution in [2.75, 3.05) is 13.2 Å². The highest BCUT2D eigenvalue weighted by molar-refractivity contribution is 5.74. The summed E-state index contributed by atoms with van der Waals surface area (Å²) in [5.74, 6) is -5.42. The number of hydrogen-bond donors (Lipinski definition) is 6. The molecule has 0 aromatic heterocycles. The third kappa shape index (κ3) is 6.30. The summed E-state index contributed by atoms with van der Waals surface area (Å²) < 4.78 is 0. The van der Waals surface area contributed by atoms with Gasteiger partial charge in [0.15, 0.2) is 0 Å². The summed E-state index contributed by atoms with van der Waals surface area (Å²) in [5.41, 5.74) is -1.39. The normalized spacial score (nSPS) is 11.4. The van der Waals surface area contributed by atoms with Crippen molar-refractivity contribution in [2.24, 2.45) is 5.41 Å². The first-order chi connectivity index (χ1) is 7.01.